The fourth-order valence-corrected chi connectivity index (χ4v) is 1.35. The highest BCUT2D eigenvalue weighted by molar-refractivity contribution is 5.32. The first-order valence-electron chi connectivity index (χ1n) is 4.73. The molecule has 0 atom stereocenters. The highest BCUT2D eigenvalue weighted by Crippen LogP contribution is 2.29. The smallest absolute Gasteiger partial charge is 0.225 e. The van der Waals surface area contributed by atoms with E-state index < -0.39 is 0 Å². The summed E-state index contributed by atoms with van der Waals surface area (Å²) in [4.78, 5) is 10.3. The number of hydrogen-bond acceptors (Lipinski definition) is 4. The van der Waals surface area contributed by atoms with Gasteiger partial charge in [0.2, 0.25) is 5.95 Å². The van der Waals surface area contributed by atoms with Crippen molar-refractivity contribution in [2.24, 2.45) is 5.92 Å². The molecule has 0 bridgehead atoms. The van der Waals surface area contributed by atoms with Gasteiger partial charge in [0.15, 0.2) is 0 Å². The van der Waals surface area contributed by atoms with Crippen LogP contribution in [-0.2, 0) is 0 Å². The van der Waals surface area contributed by atoms with Gasteiger partial charge in [0.05, 0.1) is 18.0 Å². The summed E-state index contributed by atoms with van der Waals surface area (Å²) in [5, 5.41) is 8.58. The zero-order chi connectivity index (χ0) is 9.97. The van der Waals surface area contributed by atoms with Crippen LogP contribution in [0.25, 0.3) is 0 Å². The van der Waals surface area contributed by atoms with Gasteiger partial charge in [0.1, 0.15) is 6.07 Å². The minimum atomic E-state index is 0.508. The van der Waals surface area contributed by atoms with Gasteiger partial charge in [-0.05, 0) is 18.8 Å². The first kappa shape index (κ1) is 8.95. The molecule has 0 radical (unpaired) electrons. The molecule has 4 nitrogen and oxygen atoms in total. The van der Waals surface area contributed by atoms with E-state index in [4.69, 9.17) is 5.26 Å². The zero-order valence-corrected chi connectivity index (χ0v) is 8.14. The monoisotopic (exact) mass is 188 g/mol. The molecule has 4 heteroatoms. The van der Waals surface area contributed by atoms with E-state index in [1.165, 1.54) is 12.8 Å². The number of anilines is 1. The fourth-order valence-electron chi connectivity index (χ4n) is 1.35. The van der Waals surface area contributed by atoms with Gasteiger partial charge in [0, 0.05) is 13.6 Å². The average Bonchev–Trinajstić information content (AvgIpc) is 3.02. The standard InChI is InChI=1S/C10H12N4/c1-14(7-8-2-3-8)10-12-5-9(4-11)6-13-10/h5-6,8H,2-3,7H2,1H3. The maximum absolute atomic E-state index is 8.58. The molecule has 0 aliphatic heterocycles. The summed E-state index contributed by atoms with van der Waals surface area (Å²) in [6.45, 7) is 1.02. The van der Waals surface area contributed by atoms with Crippen molar-refractivity contribution >= 4 is 5.95 Å². The molecule has 0 N–H and O–H groups in total. The Morgan fingerprint density at radius 1 is 1.50 bits per heavy atom. The van der Waals surface area contributed by atoms with Crippen LogP contribution in [0.4, 0.5) is 5.95 Å². The van der Waals surface area contributed by atoms with E-state index in [9.17, 15) is 0 Å². The van der Waals surface area contributed by atoms with E-state index in [0.717, 1.165) is 12.5 Å². The summed E-state index contributed by atoms with van der Waals surface area (Å²) in [6, 6.07) is 2.00. The number of aromatic nitrogens is 2. The molecule has 0 spiro atoms. The van der Waals surface area contributed by atoms with Crippen molar-refractivity contribution < 1.29 is 0 Å². The maximum atomic E-state index is 8.58. The quantitative estimate of drug-likeness (QED) is 0.715. The van der Waals surface area contributed by atoms with Crippen molar-refractivity contribution in [1.82, 2.24) is 9.97 Å². The van der Waals surface area contributed by atoms with Crippen LogP contribution in [0.2, 0.25) is 0 Å². The Bertz CT molecular complexity index is 347. The van der Waals surface area contributed by atoms with Gasteiger partial charge < -0.3 is 4.90 Å². The second-order valence-corrected chi connectivity index (χ2v) is 3.71. The van der Waals surface area contributed by atoms with Gasteiger partial charge in [-0.25, -0.2) is 9.97 Å². The lowest BCUT2D eigenvalue weighted by atomic mass is 10.4. The first-order chi connectivity index (χ1) is 6.79. The third-order valence-corrected chi connectivity index (χ3v) is 2.34. The minimum absolute atomic E-state index is 0.508. The Hall–Kier alpha value is -1.63. The summed E-state index contributed by atoms with van der Waals surface area (Å²) in [7, 11) is 1.99. The highest BCUT2D eigenvalue weighted by atomic mass is 15.2. The van der Waals surface area contributed by atoms with E-state index >= 15 is 0 Å². The SMILES string of the molecule is CN(CC1CC1)c1ncc(C#N)cn1. The molecule has 1 heterocycles. The van der Waals surface area contributed by atoms with Gasteiger partial charge in [-0.3, -0.25) is 0 Å². The number of rotatable bonds is 3. The zero-order valence-electron chi connectivity index (χ0n) is 8.14. The predicted octanol–water partition coefficient (Wildman–Crippen LogP) is 1.19. The normalized spacial score (nSPS) is 14.9. The van der Waals surface area contributed by atoms with Crippen LogP contribution in [0, 0.1) is 17.2 Å². The largest absolute Gasteiger partial charge is 0.344 e. The molecule has 1 aromatic rings. The van der Waals surface area contributed by atoms with Crippen LogP contribution in [0.5, 0.6) is 0 Å². The van der Waals surface area contributed by atoms with Gasteiger partial charge >= 0.3 is 0 Å². The third kappa shape index (κ3) is 1.99. The summed E-state index contributed by atoms with van der Waals surface area (Å²) in [5.41, 5.74) is 0.508. The van der Waals surface area contributed by atoms with Crippen LogP contribution in [0.1, 0.15) is 18.4 Å². The van der Waals surface area contributed by atoms with Crippen molar-refractivity contribution in [1.29, 1.82) is 5.26 Å². The van der Waals surface area contributed by atoms with Crippen LogP contribution in [0.15, 0.2) is 12.4 Å². The van der Waals surface area contributed by atoms with Crippen molar-refractivity contribution in [3.05, 3.63) is 18.0 Å². The molecule has 1 aromatic heterocycles. The topological polar surface area (TPSA) is 52.8 Å². The van der Waals surface area contributed by atoms with Crippen molar-refractivity contribution in [2.75, 3.05) is 18.5 Å². The molecule has 1 aliphatic carbocycles. The summed E-state index contributed by atoms with van der Waals surface area (Å²) < 4.78 is 0. The van der Waals surface area contributed by atoms with E-state index in [0.29, 0.717) is 11.5 Å². The summed E-state index contributed by atoms with van der Waals surface area (Å²) in [6.07, 6.45) is 5.76. The summed E-state index contributed by atoms with van der Waals surface area (Å²) >= 11 is 0. The minimum Gasteiger partial charge on any atom is -0.344 e. The number of nitriles is 1. The third-order valence-electron chi connectivity index (χ3n) is 2.34. The van der Waals surface area contributed by atoms with Crippen LogP contribution in [-0.4, -0.2) is 23.6 Å². The first-order valence-corrected chi connectivity index (χ1v) is 4.73. The molecule has 0 amide bonds. The lowest BCUT2D eigenvalue weighted by Gasteiger charge is -2.15. The Kier molecular flexibility index (Phi) is 2.32. The van der Waals surface area contributed by atoms with Crippen LogP contribution in [0.3, 0.4) is 0 Å². The van der Waals surface area contributed by atoms with E-state index in [1.54, 1.807) is 12.4 Å². The van der Waals surface area contributed by atoms with Gasteiger partial charge in [0.25, 0.3) is 0 Å². The molecule has 1 fully saturated rings. The predicted molar refractivity (Wildman–Crippen MR) is 52.7 cm³/mol. The highest BCUT2D eigenvalue weighted by Gasteiger charge is 2.23. The van der Waals surface area contributed by atoms with Gasteiger partial charge in [-0.1, -0.05) is 0 Å². The molecule has 0 saturated heterocycles. The molecule has 1 saturated carbocycles. The second kappa shape index (κ2) is 3.62. The molecule has 14 heavy (non-hydrogen) atoms. The lowest BCUT2D eigenvalue weighted by molar-refractivity contribution is 0.764. The Balaban J connectivity index is 2.04. The van der Waals surface area contributed by atoms with Crippen molar-refractivity contribution in [3.63, 3.8) is 0 Å². The lowest BCUT2D eigenvalue weighted by Crippen LogP contribution is -2.22. The van der Waals surface area contributed by atoms with Crippen molar-refractivity contribution in [2.45, 2.75) is 12.8 Å². The van der Waals surface area contributed by atoms with E-state index in [1.807, 2.05) is 18.0 Å². The van der Waals surface area contributed by atoms with E-state index in [-0.39, 0.29) is 0 Å². The van der Waals surface area contributed by atoms with Crippen LogP contribution >= 0.6 is 0 Å². The van der Waals surface area contributed by atoms with Crippen molar-refractivity contribution in [3.8, 4) is 6.07 Å². The second-order valence-electron chi connectivity index (χ2n) is 3.71. The maximum Gasteiger partial charge on any atom is 0.225 e. The molecule has 2 rings (SSSR count). The Morgan fingerprint density at radius 3 is 2.64 bits per heavy atom. The molecular weight excluding hydrogens is 176 g/mol. The molecular formula is C10H12N4. The van der Waals surface area contributed by atoms with Gasteiger partial charge in [-0.15, -0.1) is 0 Å². The fraction of sp³-hybridized carbons (Fsp3) is 0.500. The van der Waals surface area contributed by atoms with Gasteiger partial charge in [-0.2, -0.15) is 5.26 Å². The van der Waals surface area contributed by atoms with Crippen LogP contribution < -0.4 is 4.90 Å². The summed E-state index contributed by atoms with van der Waals surface area (Å²) in [5.74, 6) is 1.52. The Morgan fingerprint density at radius 2 is 2.14 bits per heavy atom. The van der Waals surface area contributed by atoms with E-state index in [2.05, 4.69) is 9.97 Å². The Labute approximate surface area is 83.2 Å². The average molecular weight is 188 g/mol. The molecule has 1 aliphatic rings. The molecule has 0 aromatic carbocycles. The number of nitrogens with zero attached hydrogens (tertiary/aromatic N) is 4. The molecule has 0 unspecified atom stereocenters. The number of hydrogen-bond donors (Lipinski definition) is 0. The molecule has 72 valence electrons.